The van der Waals surface area contributed by atoms with Gasteiger partial charge in [-0.1, -0.05) is 0 Å². The zero-order chi connectivity index (χ0) is 14.0. The summed E-state index contributed by atoms with van der Waals surface area (Å²) in [5.41, 5.74) is 0. The maximum Gasteiger partial charge on any atom is 0.237 e. The van der Waals surface area contributed by atoms with Crippen LogP contribution in [0.25, 0.3) is 0 Å². The second kappa shape index (κ2) is 5.76. The van der Waals surface area contributed by atoms with Gasteiger partial charge in [-0.25, -0.2) is 12.7 Å². The number of amides is 1. The van der Waals surface area contributed by atoms with Gasteiger partial charge in [0.05, 0.1) is 12.3 Å². The molecule has 1 unspecified atom stereocenters. The van der Waals surface area contributed by atoms with E-state index in [4.69, 9.17) is 0 Å². The Kier molecular flexibility index (Phi) is 4.47. The lowest BCUT2D eigenvalue weighted by Crippen LogP contribution is -2.47. The van der Waals surface area contributed by atoms with Gasteiger partial charge in [-0.2, -0.15) is 0 Å². The van der Waals surface area contributed by atoms with Crippen molar-refractivity contribution in [2.75, 3.05) is 32.4 Å². The van der Waals surface area contributed by atoms with Crippen LogP contribution in [-0.2, 0) is 14.8 Å². The van der Waals surface area contributed by atoms with Crippen LogP contribution >= 0.6 is 0 Å². The SMILES string of the molecule is CC(C(=O)NC1CC1)N1CCCN(S(C)(=O)=O)CC1. The van der Waals surface area contributed by atoms with Crippen LogP contribution in [0.3, 0.4) is 0 Å². The van der Waals surface area contributed by atoms with Gasteiger partial charge >= 0.3 is 0 Å². The van der Waals surface area contributed by atoms with Crippen molar-refractivity contribution in [3.05, 3.63) is 0 Å². The lowest BCUT2D eigenvalue weighted by Gasteiger charge is -2.26. The molecule has 0 spiro atoms. The van der Waals surface area contributed by atoms with E-state index in [1.54, 1.807) is 0 Å². The van der Waals surface area contributed by atoms with E-state index in [2.05, 4.69) is 10.2 Å². The first kappa shape index (κ1) is 14.7. The molecule has 0 aromatic carbocycles. The predicted molar refractivity (Wildman–Crippen MR) is 73.2 cm³/mol. The van der Waals surface area contributed by atoms with E-state index < -0.39 is 10.0 Å². The number of hydrogen-bond acceptors (Lipinski definition) is 4. The smallest absolute Gasteiger partial charge is 0.237 e. The molecule has 0 aromatic heterocycles. The molecular weight excluding hydrogens is 266 g/mol. The normalized spacial score (nSPS) is 24.7. The number of nitrogens with one attached hydrogen (secondary N) is 1. The van der Waals surface area contributed by atoms with E-state index in [0.717, 1.165) is 25.8 Å². The summed E-state index contributed by atoms with van der Waals surface area (Å²) in [5.74, 6) is 0.0651. The van der Waals surface area contributed by atoms with Gasteiger partial charge in [0, 0.05) is 32.2 Å². The van der Waals surface area contributed by atoms with Crippen molar-refractivity contribution in [2.45, 2.75) is 38.3 Å². The zero-order valence-corrected chi connectivity index (χ0v) is 12.4. The summed E-state index contributed by atoms with van der Waals surface area (Å²) in [7, 11) is -3.12. The van der Waals surface area contributed by atoms with Gasteiger partial charge in [-0.15, -0.1) is 0 Å². The molecule has 1 saturated heterocycles. The quantitative estimate of drug-likeness (QED) is 0.766. The Hall–Kier alpha value is -0.660. The Morgan fingerprint density at radius 3 is 2.47 bits per heavy atom. The number of sulfonamides is 1. The second-order valence-corrected chi connectivity index (χ2v) is 7.49. The van der Waals surface area contributed by atoms with E-state index in [1.807, 2.05) is 6.92 Å². The summed E-state index contributed by atoms with van der Waals surface area (Å²) in [6.07, 6.45) is 4.18. The molecule has 1 atom stereocenters. The van der Waals surface area contributed by atoms with Gasteiger partial charge in [-0.3, -0.25) is 9.69 Å². The molecule has 0 radical (unpaired) electrons. The first-order valence-electron chi connectivity index (χ1n) is 6.87. The van der Waals surface area contributed by atoms with E-state index >= 15 is 0 Å². The maximum absolute atomic E-state index is 12.0. The van der Waals surface area contributed by atoms with Crippen molar-refractivity contribution in [2.24, 2.45) is 0 Å². The standard InChI is InChI=1S/C12H23N3O3S/c1-10(12(16)13-11-4-5-11)14-6-3-7-15(9-8-14)19(2,17)18/h10-11H,3-9H2,1-2H3,(H,13,16). The van der Waals surface area contributed by atoms with E-state index in [-0.39, 0.29) is 11.9 Å². The van der Waals surface area contributed by atoms with Gasteiger partial charge in [0.1, 0.15) is 0 Å². The lowest BCUT2D eigenvalue weighted by atomic mass is 10.2. The highest BCUT2D eigenvalue weighted by Crippen LogP contribution is 2.19. The molecule has 19 heavy (non-hydrogen) atoms. The summed E-state index contributed by atoms with van der Waals surface area (Å²) >= 11 is 0. The van der Waals surface area contributed by atoms with Gasteiger partial charge in [0.2, 0.25) is 15.9 Å². The Balaban J connectivity index is 1.89. The maximum atomic E-state index is 12.0. The van der Waals surface area contributed by atoms with Gasteiger partial charge in [0.15, 0.2) is 0 Å². The summed E-state index contributed by atoms with van der Waals surface area (Å²) in [4.78, 5) is 14.1. The Morgan fingerprint density at radius 2 is 1.89 bits per heavy atom. The number of hydrogen-bond donors (Lipinski definition) is 1. The molecule has 2 fully saturated rings. The van der Waals surface area contributed by atoms with Crippen LogP contribution in [0.1, 0.15) is 26.2 Å². The van der Waals surface area contributed by atoms with Gasteiger partial charge in [-0.05, 0) is 26.2 Å². The second-order valence-electron chi connectivity index (χ2n) is 5.51. The third kappa shape index (κ3) is 4.15. The van der Waals surface area contributed by atoms with E-state index in [9.17, 15) is 13.2 Å². The molecule has 1 aliphatic heterocycles. The molecule has 2 rings (SSSR count). The van der Waals surface area contributed by atoms with Crippen LogP contribution in [0.5, 0.6) is 0 Å². The third-order valence-electron chi connectivity index (χ3n) is 3.81. The summed E-state index contributed by atoms with van der Waals surface area (Å²) in [5, 5.41) is 3.00. The monoisotopic (exact) mass is 289 g/mol. The first-order valence-corrected chi connectivity index (χ1v) is 8.72. The Labute approximate surface area is 115 Å². The summed E-state index contributed by atoms with van der Waals surface area (Å²) in [6.45, 7) is 4.30. The number of nitrogens with zero attached hydrogens (tertiary/aromatic N) is 2. The molecule has 2 aliphatic rings. The zero-order valence-electron chi connectivity index (χ0n) is 11.6. The fourth-order valence-electron chi connectivity index (χ4n) is 2.35. The molecule has 1 amide bonds. The average molecular weight is 289 g/mol. The molecule has 1 aliphatic carbocycles. The molecular formula is C12H23N3O3S. The van der Waals surface area contributed by atoms with Crippen molar-refractivity contribution < 1.29 is 13.2 Å². The molecule has 6 nitrogen and oxygen atoms in total. The molecule has 1 N–H and O–H groups in total. The van der Waals surface area contributed by atoms with Crippen molar-refractivity contribution in [1.82, 2.24) is 14.5 Å². The van der Waals surface area contributed by atoms with E-state index in [0.29, 0.717) is 25.7 Å². The summed E-state index contributed by atoms with van der Waals surface area (Å²) < 4.78 is 24.6. The number of rotatable bonds is 4. The van der Waals surface area contributed by atoms with Crippen LogP contribution in [0.2, 0.25) is 0 Å². The van der Waals surface area contributed by atoms with Crippen molar-refractivity contribution in [1.29, 1.82) is 0 Å². The molecule has 1 saturated carbocycles. The van der Waals surface area contributed by atoms with Crippen LogP contribution < -0.4 is 5.32 Å². The van der Waals surface area contributed by atoms with Gasteiger partial charge < -0.3 is 5.32 Å². The third-order valence-corrected chi connectivity index (χ3v) is 5.11. The predicted octanol–water partition coefficient (Wildman–Crippen LogP) is -0.379. The van der Waals surface area contributed by atoms with Crippen LogP contribution in [0.4, 0.5) is 0 Å². The minimum Gasteiger partial charge on any atom is -0.352 e. The summed E-state index contributed by atoms with van der Waals surface area (Å²) in [6, 6.07) is 0.189. The minimum atomic E-state index is -3.12. The minimum absolute atomic E-state index is 0.0651. The van der Waals surface area contributed by atoms with Crippen molar-refractivity contribution in [3.8, 4) is 0 Å². The molecule has 7 heteroatoms. The number of carbonyl (C=O) groups excluding carboxylic acids is 1. The van der Waals surface area contributed by atoms with Crippen LogP contribution in [0.15, 0.2) is 0 Å². The first-order chi connectivity index (χ1) is 8.88. The molecule has 1 heterocycles. The van der Waals surface area contributed by atoms with Crippen molar-refractivity contribution in [3.63, 3.8) is 0 Å². The van der Waals surface area contributed by atoms with Crippen LogP contribution in [0, 0.1) is 0 Å². The van der Waals surface area contributed by atoms with Gasteiger partial charge in [0.25, 0.3) is 0 Å². The number of carbonyl (C=O) groups is 1. The Bertz CT molecular complexity index is 434. The highest BCUT2D eigenvalue weighted by molar-refractivity contribution is 7.88. The molecule has 0 bridgehead atoms. The van der Waals surface area contributed by atoms with E-state index in [1.165, 1.54) is 10.6 Å². The largest absolute Gasteiger partial charge is 0.352 e. The Morgan fingerprint density at radius 1 is 1.21 bits per heavy atom. The highest BCUT2D eigenvalue weighted by atomic mass is 32.2. The molecule has 110 valence electrons. The van der Waals surface area contributed by atoms with Crippen LogP contribution in [-0.4, -0.2) is 68.0 Å². The lowest BCUT2D eigenvalue weighted by molar-refractivity contribution is -0.126. The fourth-order valence-corrected chi connectivity index (χ4v) is 3.22. The van der Waals surface area contributed by atoms with Crippen molar-refractivity contribution >= 4 is 15.9 Å². The molecule has 0 aromatic rings. The topological polar surface area (TPSA) is 69.7 Å². The fraction of sp³-hybridized carbons (Fsp3) is 0.917. The average Bonchev–Trinajstić information content (AvgIpc) is 3.11. The highest BCUT2D eigenvalue weighted by Gasteiger charge is 2.30.